The van der Waals surface area contributed by atoms with E-state index in [4.69, 9.17) is 9.47 Å². The Labute approximate surface area is 189 Å². The highest BCUT2D eigenvalue weighted by atomic mass is 16.5. The van der Waals surface area contributed by atoms with Crippen molar-refractivity contribution in [1.82, 2.24) is 4.90 Å². The van der Waals surface area contributed by atoms with E-state index in [-0.39, 0.29) is 35.5 Å². The number of nitrogens with zero attached hydrogens (tertiary/aromatic N) is 1. The van der Waals surface area contributed by atoms with Crippen LogP contribution >= 0.6 is 0 Å². The molecule has 1 heterocycles. The largest absolute Gasteiger partial charge is 0.507 e. The van der Waals surface area contributed by atoms with E-state index in [1.165, 1.54) is 20.3 Å². The summed E-state index contributed by atoms with van der Waals surface area (Å²) in [5, 5.41) is 20.1. The van der Waals surface area contributed by atoms with Crippen molar-refractivity contribution in [3.63, 3.8) is 0 Å². The molecule has 32 heavy (non-hydrogen) atoms. The highest BCUT2D eigenvalue weighted by molar-refractivity contribution is 5.90. The lowest BCUT2D eigenvalue weighted by atomic mass is 9.78. The number of carboxylic acid groups (broad SMARTS) is 1. The van der Waals surface area contributed by atoms with Gasteiger partial charge in [-0.05, 0) is 30.6 Å². The average molecular weight is 444 g/mol. The lowest BCUT2D eigenvalue weighted by Crippen LogP contribution is -2.43. The topological polar surface area (TPSA) is 96.3 Å². The maximum atomic E-state index is 13.4. The minimum Gasteiger partial charge on any atom is -0.507 e. The lowest BCUT2D eigenvalue weighted by Gasteiger charge is -2.37. The monoisotopic (exact) mass is 443 g/mol. The number of rotatable bonds is 7. The van der Waals surface area contributed by atoms with Crippen LogP contribution in [0, 0.1) is 17.8 Å². The van der Waals surface area contributed by atoms with Crippen LogP contribution in [0.5, 0.6) is 17.2 Å². The number of aromatic hydroxyl groups is 1. The Hall–Kier alpha value is -2.96. The van der Waals surface area contributed by atoms with Gasteiger partial charge in [-0.25, -0.2) is 4.79 Å². The molecule has 0 spiro atoms. The molecule has 1 unspecified atom stereocenters. The van der Waals surface area contributed by atoms with E-state index in [1.807, 2.05) is 11.0 Å². The van der Waals surface area contributed by atoms with E-state index in [0.717, 1.165) is 19.5 Å². The summed E-state index contributed by atoms with van der Waals surface area (Å²) in [5.41, 5.74) is 0.775. The van der Waals surface area contributed by atoms with Gasteiger partial charge < -0.3 is 24.6 Å². The van der Waals surface area contributed by atoms with Gasteiger partial charge in [-0.15, -0.1) is 0 Å². The molecule has 0 bridgehead atoms. The summed E-state index contributed by atoms with van der Waals surface area (Å²) < 4.78 is 10.8. The Morgan fingerprint density at radius 1 is 1.16 bits per heavy atom. The van der Waals surface area contributed by atoms with E-state index < -0.39 is 5.97 Å². The van der Waals surface area contributed by atoms with Gasteiger partial charge in [-0.2, -0.15) is 0 Å². The Morgan fingerprint density at radius 3 is 2.38 bits per heavy atom. The minimum atomic E-state index is -0.978. The zero-order valence-corrected chi connectivity index (χ0v) is 19.2. The van der Waals surface area contributed by atoms with Gasteiger partial charge in [0.15, 0.2) is 0 Å². The number of amides is 1. The van der Waals surface area contributed by atoms with Gasteiger partial charge in [0.05, 0.1) is 19.8 Å². The van der Waals surface area contributed by atoms with Crippen molar-refractivity contribution in [2.45, 2.75) is 39.0 Å². The van der Waals surface area contributed by atoms with Crippen molar-refractivity contribution in [2.24, 2.45) is 17.8 Å². The number of benzene rings is 1. The van der Waals surface area contributed by atoms with Crippen LogP contribution in [0.15, 0.2) is 35.9 Å². The molecular formula is C25H33NO6. The molecule has 1 aliphatic heterocycles. The number of carbonyl (C=O) groups excluding carboxylic acids is 1. The summed E-state index contributed by atoms with van der Waals surface area (Å²) in [6.07, 6.45) is 6.83. The Bertz CT molecular complexity index is 911. The predicted molar refractivity (Wildman–Crippen MR) is 121 cm³/mol. The number of carbonyl (C=O) groups is 2. The van der Waals surface area contributed by atoms with Crippen molar-refractivity contribution in [1.29, 1.82) is 0 Å². The molecule has 1 aromatic rings. The third kappa shape index (κ3) is 5.26. The van der Waals surface area contributed by atoms with Gasteiger partial charge in [0.25, 0.3) is 0 Å². The van der Waals surface area contributed by atoms with Crippen LogP contribution in [-0.4, -0.2) is 54.3 Å². The van der Waals surface area contributed by atoms with E-state index in [1.54, 1.807) is 18.2 Å². The fraction of sp³-hybridized carbons (Fsp3) is 0.520. The zero-order chi connectivity index (χ0) is 23.4. The second-order valence-electron chi connectivity index (χ2n) is 9.04. The summed E-state index contributed by atoms with van der Waals surface area (Å²) in [6, 6.07) is 3.22. The number of carboxylic acids is 1. The first-order chi connectivity index (χ1) is 15.2. The number of hydrogen-bond donors (Lipinski definition) is 2. The normalized spacial score (nSPS) is 23.9. The molecule has 3 rings (SSSR count). The first kappa shape index (κ1) is 23.7. The van der Waals surface area contributed by atoms with Crippen molar-refractivity contribution >= 4 is 11.9 Å². The molecule has 0 aromatic heterocycles. The number of aliphatic carboxylic acids is 1. The van der Waals surface area contributed by atoms with E-state index in [0.29, 0.717) is 35.3 Å². The van der Waals surface area contributed by atoms with Crippen LogP contribution in [0.25, 0.3) is 0 Å². The van der Waals surface area contributed by atoms with Crippen LogP contribution in [0.1, 0.15) is 44.6 Å². The molecule has 2 aliphatic rings. The van der Waals surface area contributed by atoms with Crippen molar-refractivity contribution in [2.75, 3.05) is 27.3 Å². The second kappa shape index (κ2) is 10.1. The SMILES string of the molecule is COc1cc(O)c(C(CC(=O)N2C[C@H](C)C[C@H](C)C2)[C@@H]2C=CC(C(=O)O)=CC2)c(OC)c1. The number of hydrogen-bond acceptors (Lipinski definition) is 5. The number of ether oxygens (including phenoxy) is 2. The van der Waals surface area contributed by atoms with Crippen LogP contribution in [0.4, 0.5) is 0 Å². The number of phenolic OH excluding ortho intramolecular Hbond substituents is 1. The summed E-state index contributed by atoms with van der Waals surface area (Å²) in [4.78, 5) is 26.6. The van der Waals surface area contributed by atoms with Crippen molar-refractivity contribution in [3.8, 4) is 17.2 Å². The van der Waals surface area contributed by atoms with Gasteiger partial charge in [-0.3, -0.25) is 4.79 Å². The molecule has 0 radical (unpaired) electrons. The maximum Gasteiger partial charge on any atom is 0.335 e. The zero-order valence-electron chi connectivity index (χ0n) is 19.2. The molecule has 2 N–H and O–H groups in total. The van der Waals surface area contributed by atoms with Crippen LogP contribution in [0.3, 0.4) is 0 Å². The predicted octanol–water partition coefficient (Wildman–Crippen LogP) is 3.97. The summed E-state index contributed by atoms with van der Waals surface area (Å²) >= 11 is 0. The Balaban J connectivity index is 1.95. The van der Waals surface area contributed by atoms with Gasteiger partial charge >= 0.3 is 5.97 Å². The fourth-order valence-corrected chi connectivity index (χ4v) is 4.99. The third-order valence-corrected chi connectivity index (χ3v) is 6.43. The first-order valence-corrected chi connectivity index (χ1v) is 11.1. The summed E-state index contributed by atoms with van der Waals surface area (Å²) in [6.45, 7) is 5.78. The molecule has 1 amide bonds. The number of allylic oxidation sites excluding steroid dienone is 2. The molecule has 1 aliphatic carbocycles. The van der Waals surface area contributed by atoms with Gasteiger partial charge in [0.1, 0.15) is 17.2 Å². The minimum absolute atomic E-state index is 0.000733. The highest BCUT2D eigenvalue weighted by Gasteiger charge is 2.34. The maximum absolute atomic E-state index is 13.4. The second-order valence-corrected chi connectivity index (χ2v) is 9.04. The number of piperidine rings is 1. The lowest BCUT2D eigenvalue weighted by molar-refractivity contribution is -0.134. The molecule has 7 heteroatoms. The van der Waals surface area contributed by atoms with Crippen molar-refractivity contribution < 1.29 is 29.3 Å². The molecule has 7 nitrogen and oxygen atoms in total. The standard InChI is InChI=1S/C25H33NO6/c1-15-9-16(2)14-26(13-15)23(28)12-20(17-5-7-18(8-6-17)25(29)30)24-21(27)10-19(31-3)11-22(24)32-4/h5,7-8,10-11,15-17,20,27H,6,9,12-14H2,1-4H3,(H,29,30)/t15-,16+,17-,20?/m1/s1. The quantitative estimate of drug-likeness (QED) is 0.662. The molecule has 4 atom stereocenters. The van der Waals surface area contributed by atoms with Gasteiger partial charge in [0, 0.05) is 43.1 Å². The van der Waals surface area contributed by atoms with E-state index >= 15 is 0 Å². The highest BCUT2D eigenvalue weighted by Crippen LogP contribution is 2.45. The summed E-state index contributed by atoms with van der Waals surface area (Å²) in [7, 11) is 3.03. The number of phenols is 1. The van der Waals surface area contributed by atoms with Crippen LogP contribution in [0.2, 0.25) is 0 Å². The van der Waals surface area contributed by atoms with E-state index in [2.05, 4.69) is 13.8 Å². The van der Waals surface area contributed by atoms with E-state index in [9.17, 15) is 19.8 Å². The molecule has 174 valence electrons. The number of methoxy groups -OCH3 is 2. The average Bonchev–Trinajstić information content (AvgIpc) is 2.76. The van der Waals surface area contributed by atoms with Crippen LogP contribution < -0.4 is 9.47 Å². The molecule has 0 saturated carbocycles. The molecule has 1 saturated heterocycles. The third-order valence-electron chi connectivity index (χ3n) is 6.43. The van der Waals surface area contributed by atoms with Gasteiger partial charge in [0.2, 0.25) is 5.91 Å². The molecular weight excluding hydrogens is 410 g/mol. The Kier molecular flexibility index (Phi) is 7.48. The van der Waals surface area contributed by atoms with Crippen molar-refractivity contribution in [3.05, 3.63) is 41.5 Å². The van der Waals surface area contributed by atoms with Gasteiger partial charge in [-0.1, -0.05) is 32.1 Å². The number of likely N-dealkylation sites (tertiary alicyclic amines) is 1. The Morgan fingerprint density at radius 2 is 1.84 bits per heavy atom. The molecule has 1 aromatic carbocycles. The fourth-order valence-electron chi connectivity index (χ4n) is 4.99. The first-order valence-electron chi connectivity index (χ1n) is 11.1. The van der Waals surface area contributed by atoms with Crippen LogP contribution in [-0.2, 0) is 9.59 Å². The molecule has 1 fully saturated rings. The smallest absolute Gasteiger partial charge is 0.335 e. The summed E-state index contributed by atoms with van der Waals surface area (Å²) in [5.74, 6) is 0.317.